The van der Waals surface area contributed by atoms with E-state index in [1.54, 1.807) is 11.3 Å². The molecular weight excluding hydrogens is 230 g/mol. The number of hydrogen-bond acceptors (Lipinski definition) is 2. The van der Waals surface area contributed by atoms with Crippen molar-refractivity contribution in [2.75, 3.05) is 6.61 Å². The van der Waals surface area contributed by atoms with Gasteiger partial charge in [0, 0.05) is 20.0 Å². The maximum atomic E-state index is 9.08. The average Bonchev–Trinajstić information content (AvgIpc) is 2.68. The van der Waals surface area contributed by atoms with Crippen molar-refractivity contribution in [2.24, 2.45) is 0 Å². The summed E-state index contributed by atoms with van der Waals surface area (Å²) in [6.45, 7) is 5.49. The molecule has 0 saturated heterocycles. The minimum atomic E-state index is 0.222. The second kappa shape index (κ2) is 5.43. The predicted octanol–water partition coefficient (Wildman–Crippen LogP) is 2.57. The number of aliphatic hydroxyl groups excluding tert-OH is 1. The molecule has 0 amide bonds. The fourth-order valence-corrected chi connectivity index (χ4v) is 3.37. The number of aromatic nitrogens is 1. The van der Waals surface area contributed by atoms with E-state index in [1.807, 2.05) is 6.07 Å². The third-order valence-electron chi connectivity index (χ3n) is 2.95. The summed E-state index contributed by atoms with van der Waals surface area (Å²) in [5.41, 5.74) is 2.54. The van der Waals surface area contributed by atoms with E-state index in [2.05, 4.69) is 42.7 Å². The SMILES string of the molecule is CC[n+]1c(-c2ccccc2)sc(CCO)c1C. The third-order valence-corrected chi connectivity index (χ3v) is 4.34. The standard InChI is InChI=1S/C14H18NOS/c1-3-15-11(2)13(9-10-16)17-14(15)12-7-5-4-6-8-12/h4-8,16H,3,9-10H2,1-2H3/q+1. The Morgan fingerprint density at radius 2 is 1.94 bits per heavy atom. The van der Waals surface area contributed by atoms with Gasteiger partial charge in [0.25, 0.3) is 5.01 Å². The minimum Gasteiger partial charge on any atom is -0.396 e. The number of aliphatic hydroxyl groups is 1. The van der Waals surface area contributed by atoms with E-state index in [9.17, 15) is 0 Å². The summed E-state index contributed by atoms with van der Waals surface area (Å²) in [6, 6.07) is 10.4. The van der Waals surface area contributed by atoms with Crippen LogP contribution < -0.4 is 4.57 Å². The second-order valence-electron chi connectivity index (χ2n) is 4.00. The van der Waals surface area contributed by atoms with Gasteiger partial charge in [0.2, 0.25) is 0 Å². The monoisotopic (exact) mass is 248 g/mol. The Morgan fingerprint density at radius 1 is 1.24 bits per heavy atom. The normalized spacial score (nSPS) is 10.8. The fraction of sp³-hybridized carbons (Fsp3) is 0.357. The van der Waals surface area contributed by atoms with Gasteiger partial charge < -0.3 is 5.11 Å². The topological polar surface area (TPSA) is 24.1 Å². The van der Waals surface area contributed by atoms with Crippen LogP contribution in [0, 0.1) is 6.92 Å². The van der Waals surface area contributed by atoms with Gasteiger partial charge in [0.1, 0.15) is 6.54 Å². The van der Waals surface area contributed by atoms with Crippen LogP contribution in [0.15, 0.2) is 30.3 Å². The van der Waals surface area contributed by atoms with Crippen LogP contribution in [0.5, 0.6) is 0 Å². The molecule has 0 atom stereocenters. The fourth-order valence-electron chi connectivity index (χ4n) is 2.06. The van der Waals surface area contributed by atoms with Gasteiger partial charge in [-0.2, -0.15) is 4.57 Å². The van der Waals surface area contributed by atoms with Crippen molar-refractivity contribution >= 4 is 11.3 Å². The highest BCUT2D eigenvalue weighted by atomic mass is 32.1. The van der Waals surface area contributed by atoms with Crippen LogP contribution in [-0.2, 0) is 13.0 Å². The van der Waals surface area contributed by atoms with Gasteiger partial charge in [0.05, 0.1) is 10.4 Å². The van der Waals surface area contributed by atoms with Crippen LogP contribution in [0.1, 0.15) is 17.5 Å². The lowest BCUT2D eigenvalue weighted by molar-refractivity contribution is -0.684. The summed E-state index contributed by atoms with van der Waals surface area (Å²) in [6.07, 6.45) is 0.753. The Kier molecular flexibility index (Phi) is 3.92. The lowest BCUT2D eigenvalue weighted by Crippen LogP contribution is -2.35. The summed E-state index contributed by atoms with van der Waals surface area (Å²) in [7, 11) is 0. The van der Waals surface area contributed by atoms with E-state index >= 15 is 0 Å². The van der Waals surface area contributed by atoms with E-state index in [1.165, 1.54) is 21.1 Å². The van der Waals surface area contributed by atoms with Crippen molar-refractivity contribution in [2.45, 2.75) is 26.8 Å². The number of thiazole rings is 1. The molecular formula is C14H18NOS+. The summed E-state index contributed by atoms with van der Waals surface area (Å²) < 4.78 is 2.32. The van der Waals surface area contributed by atoms with Gasteiger partial charge >= 0.3 is 0 Å². The molecule has 90 valence electrons. The number of hydrogen-bond donors (Lipinski definition) is 1. The first-order valence-electron chi connectivity index (χ1n) is 5.96. The average molecular weight is 248 g/mol. The Balaban J connectivity index is 2.50. The van der Waals surface area contributed by atoms with Crippen LogP contribution in [0.4, 0.5) is 0 Å². The lowest BCUT2D eigenvalue weighted by atomic mass is 10.2. The first kappa shape index (κ1) is 12.3. The highest BCUT2D eigenvalue weighted by molar-refractivity contribution is 7.14. The van der Waals surface area contributed by atoms with E-state index in [0.29, 0.717) is 0 Å². The third kappa shape index (κ3) is 2.40. The Bertz CT molecular complexity index is 490. The van der Waals surface area contributed by atoms with Gasteiger partial charge in [-0.25, -0.2) is 0 Å². The molecule has 0 fully saturated rings. The van der Waals surface area contributed by atoms with Crippen molar-refractivity contribution in [3.63, 3.8) is 0 Å². The summed E-state index contributed by atoms with van der Waals surface area (Å²) in [5, 5.41) is 10.4. The molecule has 0 unspecified atom stereocenters. The summed E-state index contributed by atoms with van der Waals surface area (Å²) in [5.74, 6) is 0. The van der Waals surface area contributed by atoms with Crippen LogP contribution in [0.2, 0.25) is 0 Å². The highest BCUT2D eigenvalue weighted by Gasteiger charge is 2.22. The zero-order valence-electron chi connectivity index (χ0n) is 10.3. The summed E-state index contributed by atoms with van der Waals surface area (Å²) >= 11 is 1.79. The number of rotatable bonds is 4. The van der Waals surface area contributed by atoms with E-state index in [0.717, 1.165) is 13.0 Å². The smallest absolute Gasteiger partial charge is 0.269 e. The van der Waals surface area contributed by atoms with Crippen LogP contribution in [0.3, 0.4) is 0 Å². The van der Waals surface area contributed by atoms with E-state index in [4.69, 9.17) is 5.11 Å². The quantitative estimate of drug-likeness (QED) is 0.826. The van der Waals surface area contributed by atoms with Crippen LogP contribution >= 0.6 is 11.3 Å². The first-order chi connectivity index (χ1) is 8.27. The largest absolute Gasteiger partial charge is 0.396 e. The zero-order valence-corrected chi connectivity index (χ0v) is 11.1. The summed E-state index contributed by atoms with van der Waals surface area (Å²) in [4.78, 5) is 1.29. The van der Waals surface area contributed by atoms with Gasteiger partial charge in [0.15, 0.2) is 5.69 Å². The van der Waals surface area contributed by atoms with Gasteiger partial charge in [-0.3, -0.25) is 0 Å². The maximum absolute atomic E-state index is 9.08. The number of benzene rings is 1. The molecule has 0 saturated carbocycles. The molecule has 2 nitrogen and oxygen atoms in total. The van der Waals surface area contributed by atoms with Crippen molar-refractivity contribution in [1.29, 1.82) is 0 Å². The highest BCUT2D eigenvalue weighted by Crippen LogP contribution is 2.26. The van der Waals surface area contributed by atoms with Crippen molar-refractivity contribution in [3.8, 4) is 10.6 Å². The second-order valence-corrected chi connectivity index (χ2v) is 5.08. The molecule has 1 aromatic carbocycles. The maximum Gasteiger partial charge on any atom is 0.269 e. The Hall–Kier alpha value is -1.19. The molecule has 0 aliphatic carbocycles. The van der Waals surface area contributed by atoms with E-state index in [-0.39, 0.29) is 6.61 Å². The Labute approximate surface area is 106 Å². The van der Waals surface area contributed by atoms with Gasteiger partial charge in [-0.15, -0.1) is 0 Å². The molecule has 1 aromatic heterocycles. The molecule has 3 heteroatoms. The zero-order chi connectivity index (χ0) is 12.3. The molecule has 0 aliphatic rings. The van der Waals surface area contributed by atoms with Crippen molar-refractivity contribution in [3.05, 3.63) is 40.9 Å². The molecule has 0 aliphatic heterocycles. The molecule has 0 spiro atoms. The van der Waals surface area contributed by atoms with Gasteiger partial charge in [-0.1, -0.05) is 29.5 Å². The predicted molar refractivity (Wildman–Crippen MR) is 71.2 cm³/mol. The molecule has 1 N–H and O–H groups in total. The first-order valence-corrected chi connectivity index (χ1v) is 6.78. The van der Waals surface area contributed by atoms with Crippen LogP contribution in [-0.4, -0.2) is 11.7 Å². The molecule has 1 heterocycles. The molecule has 2 rings (SSSR count). The number of nitrogens with zero attached hydrogens (tertiary/aromatic N) is 1. The lowest BCUT2D eigenvalue weighted by Gasteiger charge is -1.96. The van der Waals surface area contributed by atoms with Crippen molar-refractivity contribution < 1.29 is 9.67 Å². The Morgan fingerprint density at radius 3 is 2.53 bits per heavy atom. The van der Waals surface area contributed by atoms with Crippen LogP contribution in [0.25, 0.3) is 10.6 Å². The molecule has 0 bridgehead atoms. The van der Waals surface area contributed by atoms with Crippen molar-refractivity contribution in [1.82, 2.24) is 0 Å². The molecule has 2 aromatic rings. The minimum absolute atomic E-state index is 0.222. The molecule has 0 radical (unpaired) electrons. The molecule has 17 heavy (non-hydrogen) atoms. The van der Waals surface area contributed by atoms with E-state index < -0.39 is 0 Å². The van der Waals surface area contributed by atoms with Gasteiger partial charge in [-0.05, 0) is 19.1 Å².